The number of nitrogens with zero attached hydrogens (tertiary/aromatic N) is 3. The van der Waals surface area contributed by atoms with E-state index in [1.54, 1.807) is 6.92 Å². The van der Waals surface area contributed by atoms with Crippen LogP contribution < -0.4 is 0 Å². The number of halogens is 2. The molecule has 0 spiro atoms. The molecule has 1 saturated carbocycles. The third kappa shape index (κ3) is 3.23. The van der Waals surface area contributed by atoms with E-state index in [1.165, 1.54) is 35.6 Å². The van der Waals surface area contributed by atoms with Crippen LogP contribution in [0.1, 0.15) is 31.2 Å². The highest BCUT2D eigenvalue weighted by Crippen LogP contribution is 2.46. The first-order valence-corrected chi connectivity index (χ1v) is 10.2. The van der Waals surface area contributed by atoms with Gasteiger partial charge >= 0.3 is 0 Å². The van der Waals surface area contributed by atoms with Crippen molar-refractivity contribution < 1.29 is 4.79 Å². The Morgan fingerprint density at radius 2 is 2.04 bits per heavy atom. The highest BCUT2D eigenvalue weighted by molar-refractivity contribution is 9.10. The molecule has 1 fully saturated rings. The Bertz CT molecular complexity index is 984. The maximum absolute atomic E-state index is 11.4. The summed E-state index contributed by atoms with van der Waals surface area (Å²) < 4.78 is 2.46. The van der Waals surface area contributed by atoms with E-state index in [0.717, 1.165) is 11.1 Å². The van der Waals surface area contributed by atoms with E-state index in [0.29, 0.717) is 26.6 Å². The number of carbonyl (C=O) groups excluding carboxylic acids is 1. The Morgan fingerprint density at radius 3 is 2.72 bits per heavy atom. The van der Waals surface area contributed by atoms with Crippen molar-refractivity contribution >= 4 is 55.8 Å². The van der Waals surface area contributed by atoms with Gasteiger partial charge in [0.25, 0.3) is 0 Å². The minimum absolute atomic E-state index is 0.0932. The molecular weight excluding hydrogens is 422 g/mol. The number of ketones is 1. The number of benzene rings is 2. The average Bonchev–Trinajstić information content (AvgIpc) is 3.37. The molecule has 4 rings (SSSR count). The van der Waals surface area contributed by atoms with Crippen LogP contribution in [0.5, 0.6) is 0 Å². The van der Waals surface area contributed by atoms with E-state index >= 15 is 0 Å². The molecule has 128 valence electrons. The molecule has 25 heavy (non-hydrogen) atoms. The molecule has 4 nitrogen and oxygen atoms in total. The van der Waals surface area contributed by atoms with Crippen LogP contribution in [-0.4, -0.2) is 26.3 Å². The molecule has 7 heteroatoms. The third-order valence-corrected chi connectivity index (χ3v) is 6.12. The van der Waals surface area contributed by atoms with Gasteiger partial charge in [-0.05, 0) is 58.6 Å². The summed E-state index contributed by atoms with van der Waals surface area (Å²) in [5, 5.41) is 11.9. The molecule has 1 aromatic heterocycles. The fourth-order valence-corrected chi connectivity index (χ4v) is 4.60. The van der Waals surface area contributed by atoms with Crippen molar-refractivity contribution in [3.8, 4) is 5.69 Å². The summed E-state index contributed by atoms with van der Waals surface area (Å²) in [7, 11) is 0. The smallest absolute Gasteiger partial charge is 0.205 e. The van der Waals surface area contributed by atoms with Gasteiger partial charge in [-0.25, -0.2) is 0 Å². The van der Waals surface area contributed by atoms with Gasteiger partial charge in [0.2, 0.25) is 4.73 Å². The fourth-order valence-electron chi connectivity index (χ4n) is 3.01. The molecule has 0 atom stereocenters. The van der Waals surface area contributed by atoms with Crippen LogP contribution >= 0.6 is 39.3 Å². The van der Waals surface area contributed by atoms with Gasteiger partial charge < -0.3 is 0 Å². The van der Waals surface area contributed by atoms with Gasteiger partial charge in [-0.15, -0.1) is 10.2 Å². The predicted octanol–water partition coefficient (Wildman–Crippen LogP) is 5.39. The van der Waals surface area contributed by atoms with Crippen LogP contribution in [0.4, 0.5) is 0 Å². The number of Topliss-reactive ketones (excluding diaryl/α,β-unsaturated/α-hetero) is 1. The van der Waals surface area contributed by atoms with Gasteiger partial charge in [0, 0.05) is 5.39 Å². The molecule has 0 radical (unpaired) electrons. The quantitative estimate of drug-likeness (QED) is 0.503. The molecule has 2 aromatic carbocycles. The van der Waals surface area contributed by atoms with E-state index in [1.807, 2.05) is 10.6 Å². The second kappa shape index (κ2) is 6.74. The zero-order valence-corrected chi connectivity index (χ0v) is 16.7. The number of thioether (sulfide) groups is 1. The number of hydrogen-bond donors (Lipinski definition) is 0. The number of hydrogen-bond acceptors (Lipinski definition) is 4. The van der Waals surface area contributed by atoms with Crippen molar-refractivity contribution in [2.75, 3.05) is 5.75 Å². The van der Waals surface area contributed by atoms with Crippen LogP contribution in [-0.2, 0) is 4.79 Å². The molecule has 1 aliphatic carbocycles. The maximum Gasteiger partial charge on any atom is 0.205 e. The Labute approximate surface area is 163 Å². The van der Waals surface area contributed by atoms with Crippen LogP contribution in [0.15, 0.2) is 40.2 Å². The standard InChI is InChI=1S/C18H15BrClN3OS/c1-10(24)9-25-18-22-21-17(19)23(18)16-13-5-3-2-4-12(13)14(8-15(16)20)11-6-7-11/h2-5,8,11H,6-7,9H2,1H3. The van der Waals surface area contributed by atoms with Crippen molar-refractivity contribution in [2.24, 2.45) is 0 Å². The van der Waals surface area contributed by atoms with Gasteiger partial charge in [-0.2, -0.15) is 0 Å². The van der Waals surface area contributed by atoms with Gasteiger partial charge in [0.1, 0.15) is 5.78 Å². The van der Waals surface area contributed by atoms with Gasteiger partial charge in [0.05, 0.1) is 16.5 Å². The molecule has 0 aliphatic heterocycles. The number of fused-ring (bicyclic) bond motifs is 1. The first-order valence-electron chi connectivity index (χ1n) is 8.01. The zero-order valence-electron chi connectivity index (χ0n) is 13.5. The number of rotatable bonds is 5. The highest BCUT2D eigenvalue weighted by atomic mass is 79.9. The molecule has 0 bridgehead atoms. The van der Waals surface area contributed by atoms with Crippen LogP contribution in [0.2, 0.25) is 5.02 Å². The molecule has 0 unspecified atom stereocenters. The summed E-state index contributed by atoms with van der Waals surface area (Å²) >= 11 is 11.5. The third-order valence-electron chi connectivity index (χ3n) is 4.24. The van der Waals surface area contributed by atoms with Gasteiger partial charge in [-0.3, -0.25) is 9.36 Å². The number of carbonyl (C=O) groups is 1. The van der Waals surface area contributed by atoms with E-state index < -0.39 is 0 Å². The summed E-state index contributed by atoms with van der Waals surface area (Å²) in [6.07, 6.45) is 2.44. The van der Waals surface area contributed by atoms with Gasteiger partial charge in [0.15, 0.2) is 5.16 Å². The largest absolute Gasteiger partial charge is 0.299 e. The summed E-state index contributed by atoms with van der Waals surface area (Å²) in [6.45, 7) is 1.57. The Morgan fingerprint density at radius 1 is 1.32 bits per heavy atom. The fraction of sp³-hybridized carbons (Fsp3) is 0.278. The molecule has 3 aromatic rings. The lowest BCUT2D eigenvalue weighted by Gasteiger charge is -2.16. The lowest BCUT2D eigenvalue weighted by molar-refractivity contribution is -0.114. The molecule has 1 heterocycles. The Kier molecular flexibility index (Phi) is 4.60. The van der Waals surface area contributed by atoms with E-state index in [-0.39, 0.29) is 5.78 Å². The zero-order chi connectivity index (χ0) is 17.6. The van der Waals surface area contributed by atoms with Crippen LogP contribution in [0, 0.1) is 0 Å². The first kappa shape index (κ1) is 17.1. The topological polar surface area (TPSA) is 47.8 Å². The van der Waals surface area contributed by atoms with Crippen molar-refractivity contribution in [3.05, 3.63) is 45.7 Å². The molecular formula is C18H15BrClN3OS. The normalized spacial score (nSPS) is 14.2. The summed E-state index contributed by atoms with van der Waals surface area (Å²) in [5.41, 5.74) is 2.16. The molecule has 1 aliphatic rings. The van der Waals surface area contributed by atoms with E-state index in [4.69, 9.17) is 11.6 Å². The summed E-state index contributed by atoms with van der Waals surface area (Å²) in [5.74, 6) is 1.05. The van der Waals surface area contributed by atoms with Crippen LogP contribution in [0.3, 0.4) is 0 Å². The number of aromatic nitrogens is 3. The predicted molar refractivity (Wildman–Crippen MR) is 105 cm³/mol. The first-order chi connectivity index (χ1) is 12.1. The Balaban J connectivity index is 1.93. The SMILES string of the molecule is CC(=O)CSc1nnc(Br)n1-c1c(Cl)cc(C2CC2)c2ccccc12. The summed E-state index contributed by atoms with van der Waals surface area (Å²) in [6, 6.07) is 10.4. The summed E-state index contributed by atoms with van der Waals surface area (Å²) in [4.78, 5) is 11.4. The van der Waals surface area contributed by atoms with Crippen molar-refractivity contribution in [2.45, 2.75) is 30.8 Å². The van der Waals surface area contributed by atoms with E-state index in [9.17, 15) is 4.79 Å². The van der Waals surface area contributed by atoms with Crippen LogP contribution in [0.25, 0.3) is 16.5 Å². The lowest BCUT2D eigenvalue weighted by Crippen LogP contribution is -2.03. The van der Waals surface area contributed by atoms with Crippen molar-refractivity contribution in [1.29, 1.82) is 0 Å². The minimum Gasteiger partial charge on any atom is -0.299 e. The van der Waals surface area contributed by atoms with Gasteiger partial charge in [-0.1, -0.05) is 47.6 Å². The molecule has 0 amide bonds. The second-order valence-corrected chi connectivity index (χ2v) is 8.25. The molecule has 0 saturated heterocycles. The monoisotopic (exact) mass is 435 g/mol. The lowest BCUT2D eigenvalue weighted by atomic mass is 9.99. The minimum atomic E-state index is 0.0932. The molecule has 0 N–H and O–H groups in total. The average molecular weight is 437 g/mol. The highest BCUT2D eigenvalue weighted by Gasteiger charge is 2.28. The van der Waals surface area contributed by atoms with Crippen molar-refractivity contribution in [3.63, 3.8) is 0 Å². The van der Waals surface area contributed by atoms with Crippen molar-refractivity contribution in [1.82, 2.24) is 14.8 Å². The second-order valence-electron chi connectivity index (χ2n) is 6.19. The maximum atomic E-state index is 11.4. The van der Waals surface area contributed by atoms with E-state index in [2.05, 4.69) is 50.4 Å². The Hall–Kier alpha value is -1.37.